The molecule has 0 atom stereocenters. The molecule has 0 amide bonds. The Morgan fingerprint density at radius 3 is 2.29 bits per heavy atom. The molecule has 0 saturated carbocycles. The Kier molecular flexibility index (Phi) is 7.42. The van der Waals surface area contributed by atoms with Crippen molar-refractivity contribution in [3.05, 3.63) is 118 Å². The highest BCUT2D eigenvalue weighted by atomic mass is 32.1. The standard InChI is InChI=1S/C32H27N5O3S/c1-3-18-39-26-14-10-22(11-15-26)29-24(21-36(34-29)25-8-6-5-7-9-25)20-28-31(38)37-32(41-28)33-30(35-37)23-12-16-27(17-13-23)40-19-4-2/h3,5-17,20-21H,1,4,18-19H2,2H3/b28-20-. The third kappa shape index (κ3) is 5.53. The summed E-state index contributed by atoms with van der Waals surface area (Å²) in [7, 11) is 0. The second kappa shape index (κ2) is 11.6. The van der Waals surface area contributed by atoms with Gasteiger partial charge in [-0.2, -0.15) is 14.6 Å². The van der Waals surface area contributed by atoms with Crippen molar-refractivity contribution >= 4 is 22.4 Å². The van der Waals surface area contributed by atoms with E-state index >= 15 is 0 Å². The Morgan fingerprint density at radius 2 is 1.61 bits per heavy atom. The molecule has 3 heterocycles. The second-order valence-corrected chi connectivity index (χ2v) is 10.3. The summed E-state index contributed by atoms with van der Waals surface area (Å²) >= 11 is 1.30. The van der Waals surface area contributed by atoms with Crippen LogP contribution in [0.3, 0.4) is 0 Å². The van der Waals surface area contributed by atoms with Crippen molar-refractivity contribution in [3.8, 4) is 39.8 Å². The highest BCUT2D eigenvalue weighted by Crippen LogP contribution is 2.27. The molecule has 204 valence electrons. The number of fused-ring (bicyclic) bond motifs is 1. The molecular formula is C32H27N5O3S. The lowest BCUT2D eigenvalue weighted by Gasteiger charge is -2.04. The van der Waals surface area contributed by atoms with Gasteiger partial charge in [0.2, 0.25) is 4.96 Å². The molecule has 0 spiro atoms. The van der Waals surface area contributed by atoms with Crippen molar-refractivity contribution in [2.45, 2.75) is 13.3 Å². The van der Waals surface area contributed by atoms with Crippen LogP contribution in [0, 0.1) is 0 Å². The van der Waals surface area contributed by atoms with E-state index in [4.69, 9.17) is 14.6 Å². The SMILES string of the molecule is C=CCOc1ccc(-c2nn(-c3ccccc3)cc2/C=c2\sc3nc(-c4ccc(OCCC)cc4)nn3c2=O)cc1. The summed E-state index contributed by atoms with van der Waals surface area (Å²) in [5.41, 5.74) is 3.96. The first-order valence-electron chi connectivity index (χ1n) is 13.3. The van der Waals surface area contributed by atoms with E-state index < -0.39 is 0 Å². The lowest BCUT2D eigenvalue weighted by atomic mass is 10.1. The number of ether oxygens (including phenoxy) is 2. The van der Waals surface area contributed by atoms with E-state index in [0.29, 0.717) is 28.5 Å². The average molecular weight is 562 g/mol. The first kappa shape index (κ1) is 26.2. The van der Waals surface area contributed by atoms with Gasteiger partial charge in [-0.05, 0) is 73.2 Å². The Hall–Kier alpha value is -5.02. The van der Waals surface area contributed by atoms with E-state index in [1.165, 1.54) is 15.9 Å². The average Bonchev–Trinajstić information content (AvgIpc) is 3.71. The van der Waals surface area contributed by atoms with Crippen LogP contribution in [0.4, 0.5) is 0 Å². The minimum Gasteiger partial charge on any atom is -0.494 e. The van der Waals surface area contributed by atoms with Crippen molar-refractivity contribution in [1.82, 2.24) is 24.4 Å². The molecule has 0 aliphatic heterocycles. The van der Waals surface area contributed by atoms with Crippen molar-refractivity contribution in [3.63, 3.8) is 0 Å². The van der Waals surface area contributed by atoms with Gasteiger partial charge in [0.15, 0.2) is 5.82 Å². The lowest BCUT2D eigenvalue weighted by Crippen LogP contribution is -2.23. The zero-order chi connectivity index (χ0) is 28.2. The number of hydrogen-bond acceptors (Lipinski definition) is 7. The lowest BCUT2D eigenvalue weighted by molar-refractivity contribution is 0.317. The van der Waals surface area contributed by atoms with E-state index in [0.717, 1.165) is 46.0 Å². The molecule has 0 aliphatic rings. The van der Waals surface area contributed by atoms with Crippen LogP contribution in [0.25, 0.3) is 39.4 Å². The predicted molar refractivity (Wildman–Crippen MR) is 162 cm³/mol. The maximum Gasteiger partial charge on any atom is 0.291 e. The maximum absolute atomic E-state index is 13.4. The number of hydrogen-bond donors (Lipinski definition) is 0. The van der Waals surface area contributed by atoms with Crippen LogP contribution in [-0.4, -0.2) is 37.6 Å². The van der Waals surface area contributed by atoms with Gasteiger partial charge in [0.05, 0.1) is 16.8 Å². The molecule has 3 aromatic carbocycles. The van der Waals surface area contributed by atoms with Gasteiger partial charge in [-0.25, -0.2) is 4.68 Å². The highest BCUT2D eigenvalue weighted by molar-refractivity contribution is 7.15. The Balaban J connectivity index is 1.37. The smallest absolute Gasteiger partial charge is 0.291 e. The first-order valence-corrected chi connectivity index (χ1v) is 14.1. The van der Waals surface area contributed by atoms with Crippen LogP contribution in [0.15, 0.2) is 103 Å². The molecule has 0 aliphatic carbocycles. The molecular weight excluding hydrogens is 534 g/mol. The quantitative estimate of drug-likeness (QED) is 0.203. The molecule has 0 saturated heterocycles. The molecule has 0 radical (unpaired) electrons. The van der Waals surface area contributed by atoms with Crippen molar-refractivity contribution in [2.24, 2.45) is 0 Å². The normalized spacial score (nSPS) is 11.7. The molecule has 9 heteroatoms. The van der Waals surface area contributed by atoms with Crippen LogP contribution in [0.2, 0.25) is 0 Å². The fourth-order valence-corrected chi connectivity index (χ4v) is 5.21. The van der Waals surface area contributed by atoms with Gasteiger partial charge in [0.25, 0.3) is 5.56 Å². The van der Waals surface area contributed by atoms with Crippen LogP contribution in [0.1, 0.15) is 18.9 Å². The first-order chi connectivity index (χ1) is 20.1. The molecule has 0 fully saturated rings. The van der Waals surface area contributed by atoms with E-state index in [1.54, 1.807) is 6.08 Å². The summed E-state index contributed by atoms with van der Waals surface area (Å²) in [5, 5.41) is 9.38. The van der Waals surface area contributed by atoms with Gasteiger partial charge in [0, 0.05) is 22.9 Å². The fraction of sp³-hybridized carbons (Fsp3) is 0.125. The van der Waals surface area contributed by atoms with Crippen LogP contribution in [-0.2, 0) is 0 Å². The number of benzene rings is 3. The number of thiazole rings is 1. The van der Waals surface area contributed by atoms with Gasteiger partial charge in [-0.15, -0.1) is 5.10 Å². The Labute approximate surface area is 240 Å². The van der Waals surface area contributed by atoms with E-state index in [2.05, 4.69) is 23.6 Å². The summed E-state index contributed by atoms with van der Waals surface area (Å²) < 4.78 is 15.0. The molecule has 0 unspecified atom stereocenters. The number of nitrogens with zero attached hydrogens (tertiary/aromatic N) is 5. The molecule has 6 rings (SSSR count). The molecule has 6 aromatic rings. The Morgan fingerprint density at radius 1 is 0.902 bits per heavy atom. The van der Waals surface area contributed by atoms with Gasteiger partial charge >= 0.3 is 0 Å². The minimum absolute atomic E-state index is 0.224. The van der Waals surface area contributed by atoms with Gasteiger partial charge in [-0.1, -0.05) is 49.1 Å². The van der Waals surface area contributed by atoms with Crippen molar-refractivity contribution in [1.29, 1.82) is 0 Å². The predicted octanol–water partition coefficient (Wildman–Crippen LogP) is 5.57. The van der Waals surface area contributed by atoms with Crippen LogP contribution < -0.4 is 19.6 Å². The largest absolute Gasteiger partial charge is 0.494 e. The third-order valence-electron chi connectivity index (χ3n) is 6.31. The Bertz CT molecular complexity index is 1910. The zero-order valence-corrected chi connectivity index (χ0v) is 23.3. The molecule has 41 heavy (non-hydrogen) atoms. The molecule has 0 N–H and O–H groups in total. The number of para-hydroxylation sites is 1. The van der Waals surface area contributed by atoms with Gasteiger partial charge in [0.1, 0.15) is 23.8 Å². The summed E-state index contributed by atoms with van der Waals surface area (Å²) in [4.78, 5) is 18.6. The molecule has 8 nitrogen and oxygen atoms in total. The van der Waals surface area contributed by atoms with Gasteiger partial charge in [-0.3, -0.25) is 4.79 Å². The summed E-state index contributed by atoms with van der Waals surface area (Å²) in [6.45, 7) is 6.86. The minimum atomic E-state index is -0.224. The third-order valence-corrected chi connectivity index (χ3v) is 7.27. The second-order valence-electron chi connectivity index (χ2n) is 9.26. The van der Waals surface area contributed by atoms with Crippen molar-refractivity contribution in [2.75, 3.05) is 13.2 Å². The highest BCUT2D eigenvalue weighted by Gasteiger charge is 2.15. The maximum atomic E-state index is 13.4. The van der Waals surface area contributed by atoms with Crippen molar-refractivity contribution < 1.29 is 9.47 Å². The van der Waals surface area contributed by atoms with Gasteiger partial charge < -0.3 is 9.47 Å². The van der Waals surface area contributed by atoms with E-state index in [1.807, 2.05) is 95.8 Å². The summed E-state index contributed by atoms with van der Waals surface area (Å²) in [6, 6.07) is 25.2. The van der Waals surface area contributed by atoms with E-state index in [9.17, 15) is 4.79 Å². The monoisotopic (exact) mass is 561 g/mol. The summed E-state index contributed by atoms with van der Waals surface area (Å²) in [5.74, 6) is 2.04. The fourth-order valence-electron chi connectivity index (χ4n) is 4.31. The number of rotatable bonds is 10. The summed E-state index contributed by atoms with van der Waals surface area (Å²) in [6.07, 6.45) is 6.43. The van der Waals surface area contributed by atoms with Crippen LogP contribution in [0.5, 0.6) is 11.5 Å². The number of aromatic nitrogens is 5. The van der Waals surface area contributed by atoms with Crippen LogP contribution >= 0.6 is 11.3 Å². The molecule has 3 aromatic heterocycles. The molecule has 0 bridgehead atoms. The zero-order valence-electron chi connectivity index (χ0n) is 22.4. The van der Waals surface area contributed by atoms with E-state index in [-0.39, 0.29) is 5.56 Å². The topological polar surface area (TPSA) is 83.5 Å².